The number of amides is 2. The highest BCUT2D eigenvalue weighted by Crippen LogP contribution is 2.25. The van der Waals surface area contributed by atoms with Crippen molar-refractivity contribution in [2.45, 2.75) is 12.5 Å². The van der Waals surface area contributed by atoms with Crippen LogP contribution < -0.4 is 20.5 Å². The minimum atomic E-state index is -0.593. The summed E-state index contributed by atoms with van der Waals surface area (Å²) in [7, 11) is 1.57. The van der Waals surface area contributed by atoms with E-state index < -0.39 is 6.04 Å². The Kier molecular flexibility index (Phi) is 4.25. The highest BCUT2D eigenvalue weighted by atomic mass is 16.5. The Balaban J connectivity index is 1.69. The summed E-state index contributed by atoms with van der Waals surface area (Å²) < 4.78 is 5.08. The van der Waals surface area contributed by atoms with Crippen molar-refractivity contribution in [1.29, 1.82) is 0 Å². The van der Waals surface area contributed by atoms with Crippen molar-refractivity contribution in [2.24, 2.45) is 0 Å². The number of carbonyl (C=O) groups is 2. The van der Waals surface area contributed by atoms with Gasteiger partial charge in [0.2, 0.25) is 5.91 Å². The quantitative estimate of drug-likeness (QED) is 0.652. The first-order valence-corrected chi connectivity index (χ1v) is 7.26. The van der Waals surface area contributed by atoms with Crippen LogP contribution in [0.15, 0.2) is 54.6 Å². The molecule has 1 atom stereocenters. The van der Waals surface area contributed by atoms with E-state index in [1.54, 1.807) is 31.4 Å². The molecule has 0 radical (unpaired) electrons. The van der Waals surface area contributed by atoms with Gasteiger partial charge in [-0.05, 0) is 36.4 Å². The van der Waals surface area contributed by atoms with Crippen LogP contribution in [0.25, 0.3) is 0 Å². The van der Waals surface area contributed by atoms with Gasteiger partial charge < -0.3 is 10.2 Å². The van der Waals surface area contributed by atoms with E-state index in [4.69, 9.17) is 4.74 Å². The molecule has 0 aromatic heterocycles. The Hall–Kier alpha value is -2.86. The van der Waals surface area contributed by atoms with Gasteiger partial charge in [0.1, 0.15) is 11.8 Å². The van der Waals surface area contributed by atoms with E-state index in [-0.39, 0.29) is 18.2 Å². The zero-order valence-corrected chi connectivity index (χ0v) is 12.7. The summed E-state index contributed by atoms with van der Waals surface area (Å²) in [5, 5.41) is 0. The molecule has 2 aromatic rings. The fraction of sp³-hybridized carbons (Fsp3) is 0.176. The van der Waals surface area contributed by atoms with Gasteiger partial charge in [0.15, 0.2) is 0 Å². The molecular formula is C17H17N3O3. The number of para-hydroxylation sites is 1. The first-order valence-electron chi connectivity index (χ1n) is 7.26. The molecule has 6 nitrogen and oxygen atoms in total. The van der Waals surface area contributed by atoms with E-state index >= 15 is 0 Å². The van der Waals surface area contributed by atoms with E-state index in [1.807, 2.05) is 30.3 Å². The third kappa shape index (κ3) is 3.17. The van der Waals surface area contributed by atoms with Gasteiger partial charge in [-0.1, -0.05) is 18.2 Å². The second kappa shape index (κ2) is 6.50. The number of carbonyl (C=O) groups excluding carboxylic acids is 2. The van der Waals surface area contributed by atoms with Crippen LogP contribution in [0, 0.1) is 0 Å². The lowest BCUT2D eigenvalue weighted by Gasteiger charge is -2.16. The molecular weight excluding hydrogens is 294 g/mol. The van der Waals surface area contributed by atoms with Gasteiger partial charge in [-0.25, -0.2) is 10.3 Å². The topological polar surface area (TPSA) is 70.7 Å². The van der Waals surface area contributed by atoms with Gasteiger partial charge in [0.05, 0.1) is 19.2 Å². The maximum absolute atomic E-state index is 12.5. The number of hydrogen-bond acceptors (Lipinski definition) is 5. The number of benzene rings is 2. The van der Waals surface area contributed by atoms with Gasteiger partial charge in [-0.2, -0.15) is 0 Å². The van der Waals surface area contributed by atoms with Gasteiger partial charge in [-0.15, -0.1) is 0 Å². The van der Waals surface area contributed by atoms with Crippen LogP contribution in [-0.2, 0) is 9.59 Å². The summed E-state index contributed by atoms with van der Waals surface area (Å²) in [6.45, 7) is 0. The number of anilines is 2. The summed E-state index contributed by atoms with van der Waals surface area (Å²) >= 11 is 0. The van der Waals surface area contributed by atoms with Crippen molar-refractivity contribution < 1.29 is 14.3 Å². The number of ether oxygens (including phenoxy) is 1. The lowest BCUT2D eigenvalue weighted by molar-refractivity contribution is -0.121. The number of hydrazine groups is 1. The van der Waals surface area contributed by atoms with Crippen LogP contribution in [0.1, 0.15) is 6.42 Å². The van der Waals surface area contributed by atoms with E-state index in [9.17, 15) is 9.59 Å². The molecule has 2 aromatic carbocycles. The monoisotopic (exact) mass is 311 g/mol. The molecule has 0 unspecified atom stereocenters. The van der Waals surface area contributed by atoms with Gasteiger partial charge in [-0.3, -0.25) is 9.59 Å². The van der Waals surface area contributed by atoms with Crippen LogP contribution in [0.5, 0.6) is 5.75 Å². The molecule has 1 saturated heterocycles. The summed E-state index contributed by atoms with van der Waals surface area (Å²) in [6, 6.07) is 15.7. The van der Waals surface area contributed by atoms with Gasteiger partial charge >= 0.3 is 0 Å². The number of hydrogen-bond donors (Lipinski definition) is 2. The average molecular weight is 311 g/mol. The lowest BCUT2D eigenvalue weighted by atomic mass is 10.2. The van der Waals surface area contributed by atoms with Gasteiger partial charge in [0.25, 0.3) is 5.91 Å². The molecule has 2 amide bonds. The van der Waals surface area contributed by atoms with Crippen LogP contribution in [0.4, 0.5) is 11.4 Å². The predicted octanol–water partition coefficient (Wildman–Crippen LogP) is 1.94. The fourth-order valence-electron chi connectivity index (χ4n) is 2.44. The largest absolute Gasteiger partial charge is 0.497 e. The molecule has 1 aliphatic heterocycles. The van der Waals surface area contributed by atoms with Crippen molar-refractivity contribution >= 4 is 23.2 Å². The first kappa shape index (κ1) is 15.1. The fourth-order valence-corrected chi connectivity index (χ4v) is 2.44. The summed E-state index contributed by atoms with van der Waals surface area (Å²) in [5.41, 5.74) is 7.25. The van der Waals surface area contributed by atoms with Crippen LogP contribution in [-0.4, -0.2) is 25.0 Å². The zero-order chi connectivity index (χ0) is 16.2. The predicted molar refractivity (Wildman–Crippen MR) is 87.1 cm³/mol. The first-order chi connectivity index (χ1) is 11.2. The summed E-state index contributed by atoms with van der Waals surface area (Å²) in [5.74, 6) is 0.171. The Bertz CT molecular complexity index is 701. The Morgan fingerprint density at radius 2 is 1.74 bits per heavy atom. The second-order valence-corrected chi connectivity index (χ2v) is 5.16. The Morgan fingerprint density at radius 3 is 2.39 bits per heavy atom. The maximum Gasteiger partial charge on any atom is 0.253 e. The highest BCUT2D eigenvalue weighted by Gasteiger charge is 2.39. The number of imide groups is 1. The molecule has 1 heterocycles. The molecule has 23 heavy (non-hydrogen) atoms. The molecule has 0 spiro atoms. The summed E-state index contributed by atoms with van der Waals surface area (Å²) in [6.07, 6.45) is 0.116. The van der Waals surface area contributed by atoms with Crippen LogP contribution in [0.3, 0.4) is 0 Å². The maximum atomic E-state index is 12.5. The average Bonchev–Trinajstić information content (AvgIpc) is 2.88. The molecule has 6 heteroatoms. The number of nitrogens with zero attached hydrogens (tertiary/aromatic N) is 1. The summed E-state index contributed by atoms with van der Waals surface area (Å²) in [4.78, 5) is 25.8. The number of nitrogens with one attached hydrogen (secondary N) is 2. The molecule has 0 saturated carbocycles. The van der Waals surface area contributed by atoms with Crippen molar-refractivity contribution in [3.05, 3.63) is 54.6 Å². The normalized spacial score (nSPS) is 17.4. The molecule has 3 rings (SSSR count). The zero-order valence-electron chi connectivity index (χ0n) is 12.7. The van der Waals surface area contributed by atoms with E-state index in [0.29, 0.717) is 11.4 Å². The Morgan fingerprint density at radius 1 is 1.04 bits per heavy atom. The molecule has 118 valence electrons. The van der Waals surface area contributed by atoms with Crippen LogP contribution in [0.2, 0.25) is 0 Å². The highest BCUT2D eigenvalue weighted by molar-refractivity contribution is 6.22. The minimum Gasteiger partial charge on any atom is -0.497 e. The molecule has 2 N–H and O–H groups in total. The molecule has 1 fully saturated rings. The van der Waals surface area contributed by atoms with Crippen molar-refractivity contribution in [2.75, 3.05) is 17.4 Å². The SMILES string of the molecule is COc1ccc(N2C(=O)C[C@@H](NNc3ccccc3)C2=O)cc1. The van der Waals surface area contributed by atoms with Crippen molar-refractivity contribution in [1.82, 2.24) is 5.43 Å². The molecule has 0 aliphatic carbocycles. The van der Waals surface area contributed by atoms with E-state index in [2.05, 4.69) is 10.9 Å². The third-order valence-electron chi connectivity index (χ3n) is 3.64. The minimum absolute atomic E-state index is 0.116. The third-order valence-corrected chi connectivity index (χ3v) is 3.64. The van der Waals surface area contributed by atoms with Crippen molar-refractivity contribution in [3.8, 4) is 5.75 Å². The Labute approximate surface area is 134 Å². The lowest BCUT2D eigenvalue weighted by Crippen LogP contribution is -2.41. The van der Waals surface area contributed by atoms with Gasteiger partial charge in [0, 0.05) is 5.69 Å². The number of methoxy groups -OCH3 is 1. The van der Waals surface area contributed by atoms with Crippen molar-refractivity contribution in [3.63, 3.8) is 0 Å². The van der Waals surface area contributed by atoms with E-state index in [1.165, 1.54) is 4.90 Å². The van der Waals surface area contributed by atoms with E-state index in [0.717, 1.165) is 5.69 Å². The smallest absolute Gasteiger partial charge is 0.253 e. The molecule has 0 bridgehead atoms. The number of rotatable bonds is 5. The van der Waals surface area contributed by atoms with Crippen LogP contribution >= 0.6 is 0 Å². The second-order valence-electron chi connectivity index (χ2n) is 5.16. The standard InChI is InChI=1S/C17H17N3O3/c1-23-14-9-7-13(8-10-14)20-16(21)11-15(17(20)22)19-18-12-5-3-2-4-6-12/h2-10,15,18-19H,11H2,1H3/t15-/m1/s1. The molecule has 1 aliphatic rings.